The summed E-state index contributed by atoms with van der Waals surface area (Å²) in [5.74, 6) is 0.117. The van der Waals surface area contributed by atoms with E-state index in [1.54, 1.807) is 6.07 Å². The van der Waals surface area contributed by atoms with Gasteiger partial charge in [0.1, 0.15) is 9.84 Å². The summed E-state index contributed by atoms with van der Waals surface area (Å²) in [6, 6.07) is 5.01. The van der Waals surface area contributed by atoms with Gasteiger partial charge in [-0.25, -0.2) is 13.2 Å². The van der Waals surface area contributed by atoms with Crippen molar-refractivity contribution in [2.45, 2.75) is 19.8 Å². The number of nitrogens with one attached hydrogen (secondary N) is 2. The van der Waals surface area contributed by atoms with Crippen molar-refractivity contribution in [1.82, 2.24) is 5.32 Å². The molecule has 7 heteroatoms. The van der Waals surface area contributed by atoms with E-state index in [1.807, 2.05) is 19.1 Å². The number of halogens is 1. The first-order chi connectivity index (χ1) is 9.71. The molecule has 5 nitrogen and oxygen atoms in total. The Hall–Kier alpha value is -1.27. The predicted octanol–water partition coefficient (Wildman–Crippen LogP) is 2.59. The Bertz CT molecular complexity index is 654. The molecule has 0 bridgehead atoms. The van der Waals surface area contributed by atoms with Crippen molar-refractivity contribution in [3.63, 3.8) is 0 Å². The minimum absolute atomic E-state index is 0.117. The molecule has 0 aromatic heterocycles. The maximum Gasteiger partial charge on any atom is 0.319 e. The Morgan fingerprint density at radius 2 is 2.05 bits per heavy atom. The SMILES string of the molecule is Cc1cccc(NC(=O)NCC2(CS(C)(=O)=O)CC2)c1Cl. The minimum Gasteiger partial charge on any atom is -0.337 e. The smallest absolute Gasteiger partial charge is 0.319 e. The molecule has 0 radical (unpaired) electrons. The first-order valence-electron chi connectivity index (χ1n) is 6.69. The summed E-state index contributed by atoms with van der Waals surface area (Å²) in [5, 5.41) is 5.92. The second-order valence-electron chi connectivity index (χ2n) is 5.81. The van der Waals surface area contributed by atoms with Gasteiger partial charge >= 0.3 is 6.03 Å². The van der Waals surface area contributed by atoms with Crippen LogP contribution in [0.25, 0.3) is 0 Å². The highest BCUT2D eigenvalue weighted by atomic mass is 35.5. The fraction of sp³-hybridized carbons (Fsp3) is 0.500. The van der Waals surface area contributed by atoms with E-state index in [2.05, 4.69) is 10.6 Å². The van der Waals surface area contributed by atoms with Gasteiger partial charge in [-0.15, -0.1) is 0 Å². The lowest BCUT2D eigenvalue weighted by molar-refractivity contribution is 0.250. The Kier molecular flexibility index (Phi) is 4.49. The lowest BCUT2D eigenvalue weighted by Crippen LogP contribution is -2.36. The van der Waals surface area contributed by atoms with Crippen LogP contribution < -0.4 is 10.6 Å². The summed E-state index contributed by atoms with van der Waals surface area (Å²) in [6.45, 7) is 2.21. The number of sulfone groups is 1. The van der Waals surface area contributed by atoms with Crippen molar-refractivity contribution >= 4 is 33.2 Å². The van der Waals surface area contributed by atoms with Gasteiger partial charge in [0.2, 0.25) is 0 Å². The van der Waals surface area contributed by atoms with Crippen LogP contribution in [0.15, 0.2) is 18.2 Å². The van der Waals surface area contributed by atoms with Crippen LogP contribution in [0.3, 0.4) is 0 Å². The Balaban J connectivity index is 1.90. The van der Waals surface area contributed by atoms with Crippen LogP contribution in [0.5, 0.6) is 0 Å². The first kappa shape index (κ1) is 16.1. The van der Waals surface area contributed by atoms with Crippen molar-refractivity contribution in [2.24, 2.45) is 5.41 Å². The van der Waals surface area contributed by atoms with Gasteiger partial charge in [-0.2, -0.15) is 0 Å². The van der Waals surface area contributed by atoms with Crippen LogP contribution >= 0.6 is 11.6 Å². The van der Waals surface area contributed by atoms with Gasteiger partial charge in [-0.05, 0) is 31.4 Å². The molecule has 2 amide bonds. The van der Waals surface area contributed by atoms with Gasteiger partial charge in [0, 0.05) is 18.2 Å². The van der Waals surface area contributed by atoms with Crippen LogP contribution in [0.4, 0.5) is 10.5 Å². The first-order valence-corrected chi connectivity index (χ1v) is 9.12. The van der Waals surface area contributed by atoms with Gasteiger partial charge in [-0.3, -0.25) is 0 Å². The van der Waals surface area contributed by atoms with E-state index in [4.69, 9.17) is 11.6 Å². The number of carbonyl (C=O) groups is 1. The standard InChI is InChI=1S/C14H19ClN2O3S/c1-10-4-3-5-11(12(10)15)17-13(18)16-8-14(6-7-14)9-21(2,19)20/h3-5H,6-9H2,1-2H3,(H2,16,17,18). The van der Waals surface area contributed by atoms with Gasteiger partial charge in [0.25, 0.3) is 0 Å². The number of carbonyl (C=O) groups excluding carboxylic acids is 1. The molecule has 2 rings (SSSR count). The molecule has 0 saturated heterocycles. The van der Waals surface area contributed by atoms with Gasteiger partial charge < -0.3 is 10.6 Å². The topological polar surface area (TPSA) is 75.3 Å². The molecule has 1 aliphatic rings. The average molecular weight is 331 g/mol. The second kappa shape index (κ2) is 5.85. The molecule has 1 aromatic carbocycles. The summed E-state index contributed by atoms with van der Waals surface area (Å²) in [5.41, 5.74) is 1.13. The Labute approximate surface area is 130 Å². The summed E-state index contributed by atoms with van der Waals surface area (Å²) in [7, 11) is -3.03. The van der Waals surface area contributed by atoms with Gasteiger partial charge in [0.15, 0.2) is 0 Å². The Morgan fingerprint density at radius 3 is 2.62 bits per heavy atom. The monoisotopic (exact) mass is 330 g/mol. The van der Waals surface area contributed by atoms with E-state index in [0.717, 1.165) is 18.4 Å². The third kappa shape index (κ3) is 4.61. The molecular formula is C14H19ClN2O3S. The number of aryl methyl sites for hydroxylation is 1. The maximum atomic E-state index is 11.9. The number of benzene rings is 1. The molecule has 0 atom stereocenters. The molecule has 0 unspecified atom stereocenters. The predicted molar refractivity (Wildman–Crippen MR) is 84.6 cm³/mol. The summed E-state index contributed by atoms with van der Waals surface area (Å²) in [4.78, 5) is 11.9. The molecule has 1 aromatic rings. The number of amides is 2. The highest BCUT2D eigenvalue weighted by Gasteiger charge is 2.45. The number of anilines is 1. The largest absolute Gasteiger partial charge is 0.337 e. The van der Waals surface area contributed by atoms with E-state index in [9.17, 15) is 13.2 Å². The molecular weight excluding hydrogens is 312 g/mol. The van der Waals surface area contributed by atoms with Crippen LogP contribution in [-0.4, -0.2) is 33.0 Å². The second-order valence-corrected chi connectivity index (χ2v) is 8.33. The van der Waals surface area contributed by atoms with Crippen molar-refractivity contribution in [2.75, 3.05) is 23.9 Å². The van der Waals surface area contributed by atoms with Crippen molar-refractivity contribution in [1.29, 1.82) is 0 Å². The summed E-state index contributed by atoms with van der Waals surface area (Å²) in [6.07, 6.45) is 2.87. The van der Waals surface area contributed by atoms with Gasteiger partial charge in [0.05, 0.1) is 16.5 Å². The van der Waals surface area contributed by atoms with Crippen LogP contribution in [-0.2, 0) is 9.84 Å². The van der Waals surface area contributed by atoms with Crippen LogP contribution in [0.1, 0.15) is 18.4 Å². The third-order valence-electron chi connectivity index (χ3n) is 3.59. The van der Waals surface area contributed by atoms with E-state index >= 15 is 0 Å². The fourth-order valence-electron chi connectivity index (χ4n) is 2.28. The normalized spacial score (nSPS) is 16.3. The zero-order valence-electron chi connectivity index (χ0n) is 12.1. The molecule has 0 spiro atoms. The van der Waals surface area contributed by atoms with E-state index in [1.165, 1.54) is 6.26 Å². The maximum absolute atomic E-state index is 11.9. The molecule has 1 aliphatic carbocycles. The van der Waals surface area contributed by atoms with Crippen LogP contribution in [0, 0.1) is 12.3 Å². The summed E-state index contributed by atoms with van der Waals surface area (Å²) >= 11 is 6.11. The van der Waals surface area contributed by atoms with E-state index in [-0.39, 0.29) is 17.2 Å². The number of hydrogen-bond donors (Lipinski definition) is 2. The highest BCUT2D eigenvalue weighted by molar-refractivity contribution is 7.90. The molecule has 2 N–H and O–H groups in total. The van der Waals surface area contributed by atoms with Crippen molar-refractivity contribution in [3.05, 3.63) is 28.8 Å². The van der Waals surface area contributed by atoms with Crippen molar-refractivity contribution in [3.8, 4) is 0 Å². The third-order valence-corrected chi connectivity index (χ3v) is 5.23. The van der Waals surface area contributed by atoms with Crippen LogP contribution in [0.2, 0.25) is 5.02 Å². The zero-order chi connectivity index (χ0) is 15.7. The molecule has 116 valence electrons. The molecule has 0 heterocycles. The van der Waals surface area contributed by atoms with E-state index < -0.39 is 9.84 Å². The molecule has 1 saturated carbocycles. The highest BCUT2D eigenvalue weighted by Crippen LogP contribution is 2.46. The van der Waals surface area contributed by atoms with E-state index in [0.29, 0.717) is 17.3 Å². The fourth-order valence-corrected chi connectivity index (χ4v) is 3.96. The zero-order valence-corrected chi connectivity index (χ0v) is 13.6. The van der Waals surface area contributed by atoms with Crippen molar-refractivity contribution < 1.29 is 13.2 Å². The quantitative estimate of drug-likeness (QED) is 0.871. The Morgan fingerprint density at radius 1 is 1.38 bits per heavy atom. The molecule has 21 heavy (non-hydrogen) atoms. The molecule has 0 aliphatic heterocycles. The minimum atomic E-state index is -3.03. The average Bonchev–Trinajstić information content (AvgIpc) is 3.10. The molecule has 1 fully saturated rings. The number of rotatable bonds is 5. The summed E-state index contributed by atoms with van der Waals surface area (Å²) < 4.78 is 22.7. The lowest BCUT2D eigenvalue weighted by Gasteiger charge is -2.16. The lowest BCUT2D eigenvalue weighted by atomic mass is 10.1. The van der Waals surface area contributed by atoms with Gasteiger partial charge in [-0.1, -0.05) is 23.7 Å². The number of urea groups is 1. The number of hydrogen-bond acceptors (Lipinski definition) is 3.